The van der Waals surface area contributed by atoms with E-state index in [4.69, 9.17) is 21.6 Å². The minimum atomic E-state index is 0.501. The van der Waals surface area contributed by atoms with E-state index in [0.29, 0.717) is 31.3 Å². The third-order valence-electron chi connectivity index (χ3n) is 2.80. The Hall–Kier alpha value is -1.09. The zero-order valence-corrected chi connectivity index (χ0v) is 11.9. The summed E-state index contributed by atoms with van der Waals surface area (Å²) in [5, 5.41) is 13.6. The van der Waals surface area contributed by atoms with Gasteiger partial charge in [-0.05, 0) is 6.92 Å². The topological polar surface area (TPSA) is 54.1 Å². The lowest BCUT2D eigenvalue weighted by Crippen LogP contribution is -2.28. The average molecular weight is 271 g/mol. The maximum absolute atomic E-state index is 8.67. The van der Waals surface area contributed by atoms with Crippen molar-refractivity contribution in [3.63, 3.8) is 0 Å². The first kappa shape index (κ1) is 15.0. The molecule has 100 valence electrons. The highest BCUT2D eigenvalue weighted by Gasteiger charge is 2.15. The molecule has 0 N–H and O–H groups in total. The molecule has 6 heteroatoms. The average Bonchev–Trinajstić information content (AvgIpc) is 2.58. The Morgan fingerprint density at radius 2 is 2.22 bits per heavy atom. The van der Waals surface area contributed by atoms with E-state index in [0.717, 1.165) is 17.8 Å². The van der Waals surface area contributed by atoms with E-state index in [-0.39, 0.29) is 0 Å². The molecule has 0 aromatic carbocycles. The predicted octanol–water partition coefficient (Wildman–Crippen LogP) is 1.74. The molecule has 0 spiro atoms. The molecule has 0 aliphatic carbocycles. The molecule has 1 heterocycles. The summed E-state index contributed by atoms with van der Waals surface area (Å²) < 4.78 is 6.75. The monoisotopic (exact) mass is 270 g/mol. The number of rotatable bonds is 7. The predicted molar refractivity (Wildman–Crippen MR) is 70.3 cm³/mol. The van der Waals surface area contributed by atoms with E-state index < -0.39 is 0 Å². The van der Waals surface area contributed by atoms with Crippen molar-refractivity contribution < 1.29 is 4.74 Å². The van der Waals surface area contributed by atoms with E-state index in [2.05, 4.69) is 16.1 Å². The third-order valence-corrected chi connectivity index (χ3v) is 3.28. The smallest absolute Gasteiger partial charge is 0.131 e. The molecule has 0 radical (unpaired) electrons. The molecule has 0 bridgehead atoms. The quantitative estimate of drug-likeness (QED) is 0.757. The number of methoxy groups -OCH3 is 1. The molecule has 0 saturated carbocycles. The summed E-state index contributed by atoms with van der Waals surface area (Å²) in [4.78, 5) is 2.16. The Kier molecular flexibility index (Phi) is 6.13. The van der Waals surface area contributed by atoms with Gasteiger partial charge in [0.25, 0.3) is 0 Å². The normalized spacial score (nSPS) is 10.9. The van der Waals surface area contributed by atoms with Crippen molar-refractivity contribution in [2.75, 3.05) is 26.8 Å². The van der Waals surface area contributed by atoms with Crippen molar-refractivity contribution >= 4 is 11.6 Å². The van der Waals surface area contributed by atoms with Crippen molar-refractivity contribution in [1.82, 2.24) is 14.7 Å². The first-order valence-corrected chi connectivity index (χ1v) is 6.24. The lowest BCUT2D eigenvalue weighted by atomic mass is 10.2. The van der Waals surface area contributed by atoms with Crippen LogP contribution in [-0.2, 0) is 18.3 Å². The van der Waals surface area contributed by atoms with Gasteiger partial charge in [-0.2, -0.15) is 10.4 Å². The van der Waals surface area contributed by atoms with E-state index in [1.165, 1.54) is 0 Å². The molecule has 1 rings (SSSR count). The Morgan fingerprint density at radius 1 is 1.50 bits per heavy atom. The van der Waals surface area contributed by atoms with Crippen LogP contribution in [0.3, 0.4) is 0 Å². The number of nitrogens with zero attached hydrogens (tertiary/aromatic N) is 4. The van der Waals surface area contributed by atoms with Crippen molar-refractivity contribution in [2.45, 2.75) is 19.9 Å². The molecule has 0 saturated heterocycles. The molecule has 0 fully saturated rings. The minimum absolute atomic E-state index is 0.501. The van der Waals surface area contributed by atoms with Crippen molar-refractivity contribution in [1.29, 1.82) is 5.26 Å². The summed E-state index contributed by atoms with van der Waals surface area (Å²) in [5.41, 5.74) is 1.95. The first-order valence-electron chi connectivity index (χ1n) is 5.86. The number of halogens is 1. The van der Waals surface area contributed by atoms with Gasteiger partial charge in [-0.1, -0.05) is 11.6 Å². The van der Waals surface area contributed by atoms with Gasteiger partial charge < -0.3 is 4.74 Å². The third kappa shape index (κ3) is 3.98. The molecule has 0 unspecified atom stereocenters. The molecule has 5 nitrogen and oxygen atoms in total. The van der Waals surface area contributed by atoms with Gasteiger partial charge in [0.1, 0.15) is 5.15 Å². The van der Waals surface area contributed by atoms with Crippen LogP contribution in [0.25, 0.3) is 0 Å². The SMILES string of the molecule is COCCN(CCC#N)Cc1c(C)nn(C)c1Cl. The highest BCUT2D eigenvalue weighted by Crippen LogP contribution is 2.20. The van der Waals surface area contributed by atoms with Crippen molar-refractivity contribution in [3.8, 4) is 6.07 Å². The maximum Gasteiger partial charge on any atom is 0.131 e. The van der Waals surface area contributed by atoms with Gasteiger partial charge in [0.05, 0.1) is 18.4 Å². The van der Waals surface area contributed by atoms with Crippen LogP contribution in [0, 0.1) is 18.3 Å². The van der Waals surface area contributed by atoms with Crippen LogP contribution >= 0.6 is 11.6 Å². The summed E-state index contributed by atoms with van der Waals surface area (Å²) in [5.74, 6) is 0. The second-order valence-corrected chi connectivity index (χ2v) is 4.51. The van der Waals surface area contributed by atoms with Crippen LogP contribution in [0.2, 0.25) is 5.15 Å². The summed E-state index contributed by atoms with van der Waals surface area (Å²) >= 11 is 6.20. The minimum Gasteiger partial charge on any atom is -0.383 e. The van der Waals surface area contributed by atoms with Gasteiger partial charge in [-0.3, -0.25) is 9.58 Å². The highest BCUT2D eigenvalue weighted by atomic mass is 35.5. The van der Waals surface area contributed by atoms with Crippen LogP contribution in [0.5, 0.6) is 0 Å². The van der Waals surface area contributed by atoms with Crippen molar-refractivity contribution in [3.05, 3.63) is 16.4 Å². The highest BCUT2D eigenvalue weighted by molar-refractivity contribution is 6.30. The maximum atomic E-state index is 8.67. The Morgan fingerprint density at radius 3 is 2.72 bits per heavy atom. The molecular weight excluding hydrogens is 252 g/mol. The second-order valence-electron chi connectivity index (χ2n) is 4.16. The number of ether oxygens (including phenoxy) is 1. The molecule has 18 heavy (non-hydrogen) atoms. The molecule has 1 aromatic rings. The van der Waals surface area contributed by atoms with Gasteiger partial charge in [-0.25, -0.2) is 0 Å². The van der Waals surface area contributed by atoms with Crippen LogP contribution < -0.4 is 0 Å². The van der Waals surface area contributed by atoms with E-state index in [9.17, 15) is 0 Å². The van der Waals surface area contributed by atoms with Crippen LogP contribution in [-0.4, -0.2) is 41.5 Å². The molecular formula is C12H19ClN4O. The molecule has 0 aliphatic heterocycles. The van der Waals surface area contributed by atoms with Crippen LogP contribution in [0.4, 0.5) is 0 Å². The first-order chi connectivity index (χ1) is 8.60. The second kappa shape index (κ2) is 7.37. The zero-order valence-electron chi connectivity index (χ0n) is 11.1. The fourth-order valence-electron chi connectivity index (χ4n) is 1.78. The number of aromatic nitrogens is 2. The van der Waals surface area contributed by atoms with Gasteiger partial charge >= 0.3 is 0 Å². The van der Waals surface area contributed by atoms with Gasteiger partial charge in [0, 0.05) is 45.8 Å². The van der Waals surface area contributed by atoms with Crippen molar-refractivity contribution in [2.24, 2.45) is 7.05 Å². The van der Waals surface area contributed by atoms with Gasteiger partial charge in [0.2, 0.25) is 0 Å². The van der Waals surface area contributed by atoms with Crippen LogP contribution in [0.15, 0.2) is 0 Å². The summed E-state index contributed by atoms with van der Waals surface area (Å²) in [7, 11) is 3.50. The van der Waals surface area contributed by atoms with E-state index in [1.54, 1.807) is 11.8 Å². The number of hydrogen-bond donors (Lipinski definition) is 0. The zero-order chi connectivity index (χ0) is 13.5. The number of nitriles is 1. The summed E-state index contributed by atoms with van der Waals surface area (Å²) in [6, 6.07) is 2.16. The Labute approximate surface area is 113 Å². The fraction of sp³-hybridized carbons (Fsp3) is 0.667. The summed E-state index contributed by atoms with van der Waals surface area (Å²) in [6.07, 6.45) is 0.501. The van der Waals surface area contributed by atoms with Gasteiger partial charge in [-0.15, -0.1) is 0 Å². The fourth-order valence-corrected chi connectivity index (χ4v) is 2.01. The number of hydrogen-bond acceptors (Lipinski definition) is 4. The molecule has 0 aliphatic rings. The van der Waals surface area contributed by atoms with Crippen LogP contribution in [0.1, 0.15) is 17.7 Å². The Bertz CT molecular complexity index is 424. The molecule has 0 atom stereocenters. The molecule has 1 aromatic heterocycles. The Balaban J connectivity index is 2.72. The van der Waals surface area contributed by atoms with E-state index >= 15 is 0 Å². The summed E-state index contributed by atoms with van der Waals surface area (Å²) in [6.45, 7) is 4.78. The number of aryl methyl sites for hydroxylation is 2. The van der Waals surface area contributed by atoms with E-state index in [1.807, 2.05) is 14.0 Å². The van der Waals surface area contributed by atoms with Gasteiger partial charge in [0.15, 0.2) is 0 Å². The standard InChI is InChI=1S/C12H19ClN4O/c1-10-11(12(13)16(2)15-10)9-17(6-4-5-14)7-8-18-3/h4,6-9H2,1-3H3. The lowest BCUT2D eigenvalue weighted by Gasteiger charge is -2.20. The lowest BCUT2D eigenvalue weighted by molar-refractivity contribution is 0.145. The largest absolute Gasteiger partial charge is 0.383 e. The molecule has 0 amide bonds.